The van der Waals surface area contributed by atoms with Crippen LogP contribution >= 0.6 is 15.9 Å². The van der Waals surface area contributed by atoms with Gasteiger partial charge in [0.2, 0.25) is 5.91 Å². The summed E-state index contributed by atoms with van der Waals surface area (Å²) in [6.45, 7) is 13.6. The fourth-order valence-corrected chi connectivity index (χ4v) is 3.80. The van der Waals surface area contributed by atoms with Crippen molar-refractivity contribution in [3.05, 3.63) is 0 Å². The molecule has 0 aromatic heterocycles. The van der Waals surface area contributed by atoms with Crippen LogP contribution in [-0.4, -0.2) is 17.3 Å². The first-order valence-corrected chi connectivity index (χ1v) is 9.54. The fourth-order valence-electron chi connectivity index (χ4n) is 3.34. The monoisotopic (exact) mass is 359 g/mol. The van der Waals surface area contributed by atoms with Gasteiger partial charge in [-0.1, -0.05) is 57.5 Å². The first kappa shape index (κ1) is 19.0. The molecule has 1 fully saturated rings. The minimum absolute atomic E-state index is 0.117. The minimum atomic E-state index is 0.117. The van der Waals surface area contributed by atoms with Gasteiger partial charge >= 0.3 is 0 Å². The van der Waals surface area contributed by atoms with Crippen LogP contribution in [0.4, 0.5) is 0 Å². The number of carbonyl (C=O) groups excluding carboxylic acids is 1. The van der Waals surface area contributed by atoms with E-state index in [-0.39, 0.29) is 23.3 Å². The Bertz CT molecular complexity index is 332. The molecule has 0 aromatic carbocycles. The number of amides is 1. The molecule has 0 aromatic rings. The number of carbonyl (C=O) groups is 1. The van der Waals surface area contributed by atoms with Gasteiger partial charge in [-0.2, -0.15) is 0 Å². The molecule has 0 spiro atoms. The third-order valence-electron chi connectivity index (χ3n) is 5.08. The molecule has 1 atom stereocenters. The second-order valence-electron chi connectivity index (χ2n) is 8.82. The highest BCUT2D eigenvalue weighted by Crippen LogP contribution is 2.40. The largest absolute Gasteiger partial charge is 0.353 e. The van der Waals surface area contributed by atoms with Crippen molar-refractivity contribution in [1.29, 1.82) is 0 Å². The Kier molecular flexibility index (Phi) is 6.77. The molecule has 1 unspecified atom stereocenters. The third-order valence-corrected chi connectivity index (χ3v) is 5.54. The zero-order chi connectivity index (χ0) is 16.3. The Labute approximate surface area is 140 Å². The first-order chi connectivity index (χ1) is 9.55. The van der Waals surface area contributed by atoms with Crippen molar-refractivity contribution >= 4 is 21.8 Å². The van der Waals surface area contributed by atoms with Crippen molar-refractivity contribution in [3.8, 4) is 0 Å². The van der Waals surface area contributed by atoms with Crippen molar-refractivity contribution in [2.24, 2.45) is 22.7 Å². The van der Waals surface area contributed by atoms with Crippen molar-refractivity contribution < 1.29 is 4.79 Å². The summed E-state index contributed by atoms with van der Waals surface area (Å²) in [5.74, 6) is 1.27. The van der Waals surface area contributed by atoms with Crippen LogP contribution in [0.15, 0.2) is 0 Å². The Morgan fingerprint density at radius 2 is 1.62 bits per heavy atom. The molecule has 1 amide bonds. The van der Waals surface area contributed by atoms with E-state index < -0.39 is 0 Å². The van der Waals surface area contributed by atoms with Gasteiger partial charge in [-0.25, -0.2) is 0 Å². The van der Waals surface area contributed by atoms with Gasteiger partial charge in [-0.15, -0.1) is 0 Å². The van der Waals surface area contributed by atoms with E-state index in [0.717, 1.165) is 30.5 Å². The molecule has 1 aliphatic rings. The molecule has 21 heavy (non-hydrogen) atoms. The van der Waals surface area contributed by atoms with Crippen LogP contribution in [0.3, 0.4) is 0 Å². The van der Waals surface area contributed by atoms with Crippen molar-refractivity contribution in [2.45, 2.75) is 79.7 Å². The van der Waals surface area contributed by atoms with Crippen LogP contribution in [-0.2, 0) is 4.79 Å². The normalized spacial score (nSPS) is 25.5. The molecule has 0 heterocycles. The quantitative estimate of drug-likeness (QED) is 0.690. The second-order valence-corrected chi connectivity index (χ2v) is 9.61. The Hall–Kier alpha value is -0.0500. The lowest BCUT2D eigenvalue weighted by molar-refractivity contribution is -0.128. The summed E-state index contributed by atoms with van der Waals surface area (Å²) in [5.41, 5.74) is 0.497. The number of rotatable bonds is 4. The molecule has 1 saturated carbocycles. The fraction of sp³-hybridized carbons (Fsp3) is 0.944. The summed E-state index contributed by atoms with van der Waals surface area (Å²) < 4.78 is 0. The Morgan fingerprint density at radius 1 is 1.10 bits per heavy atom. The number of alkyl halides is 1. The standard InChI is InChI=1S/C18H34BrNO/c1-17(2,3)14-9-7-13(8-10-14)16(21)20-15(11-12-19)18(4,5)6/h13-15H,7-12H2,1-6H3,(H,20,21). The van der Waals surface area contributed by atoms with E-state index in [0.29, 0.717) is 5.41 Å². The minimum Gasteiger partial charge on any atom is -0.353 e. The maximum absolute atomic E-state index is 12.6. The highest BCUT2D eigenvalue weighted by Gasteiger charge is 2.34. The molecule has 0 aliphatic heterocycles. The van der Waals surface area contributed by atoms with Crippen molar-refractivity contribution in [1.82, 2.24) is 5.32 Å². The predicted octanol–water partition coefficient (Wildman–Crippen LogP) is 5.15. The van der Waals surface area contributed by atoms with Crippen LogP contribution in [0.1, 0.15) is 73.6 Å². The molecule has 124 valence electrons. The highest BCUT2D eigenvalue weighted by molar-refractivity contribution is 9.09. The summed E-state index contributed by atoms with van der Waals surface area (Å²) in [4.78, 5) is 12.6. The molecule has 1 rings (SSSR count). The van der Waals surface area contributed by atoms with Crippen molar-refractivity contribution in [2.75, 3.05) is 5.33 Å². The Balaban J connectivity index is 2.54. The average Bonchev–Trinajstić information content (AvgIpc) is 2.36. The molecule has 0 radical (unpaired) electrons. The molecular weight excluding hydrogens is 326 g/mol. The summed E-state index contributed by atoms with van der Waals surface area (Å²) >= 11 is 3.51. The zero-order valence-electron chi connectivity index (χ0n) is 14.8. The molecule has 1 N–H and O–H groups in total. The van der Waals surface area contributed by atoms with Gasteiger partial charge in [0.05, 0.1) is 0 Å². The van der Waals surface area contributed by atoms with Crippen LogP contribution in [0.5, 0.6) is 0 Å². The lowest BCUT2D eigenvalue weighted by Gasteiger charge is -2.38. The van der Waals surface area contributed by atoms with Crippen LogP contribution in [0.25, 0.3) is 0 Å². The van der Waals surface area contributed by atoms with Crippen molar-refractivity contribution in [3.63, 3.8) is 0 Å². The third kappa shape index (κ3) is 5.92. The van der Waals surface area contributed by atoms with E-state index in [1.807, 2.05) is 0 Å². The summed E-state index contributed by atoms with van der Waals surface area (Å²) in [6.07, 6.45) is 5.49. The van der Waals surface area contributed by atoms with Crippen LogP contribution in [0, 0.1) is 22.7 Å². The molecule has 0 bridgehead atoms. The number of hydrogen-bond acceptors (Lipinski definition) is 1. The van der Waals surface area contributed by atoms with E-state index in [2.05, 4.69) is 62.8 Å². The Morgan fingerprint density at radius 3 is 2.00 bits per heavy atom. The molecular formula is C18H34BrNO. The first-order valence-electron chi connectivity index (χ1n) is 8.42. The van der Waals surface area contributed by atoms with Gasteiger partial charge in [0, 0.05) is 17.3 Å². The van der Waals surface area contributed by atoms with E-state index >= 15 is 0 Å². The highest BCUT2D eigenvalue weighted by atomic mass is 79.9. The second kappa shape index (κ2) is 7.48. The van der Waals surface area contributed by atoms with Gasteiger partial charge in [-0.05, 0) is 48.9 Å². The maximum Gasteiger partial charge on any atom is 0.223 e. The van der Waals surface area contributed by atoms with Crippen LogP contribution in [0.2, 0.25) is 0 Å². The van der Waals surface area contributed by atoms with E-state index in [1.54, 1.807) is 0 Å². The predicted molar refractivity (Wildman–Crippen MR) is 94.7 cm³/mol. The smallest absolute Gasteiger partial charge is 0.223 e. The lowest BCUT2D eigenvalue weighted by Crippen LogP contribution is -2.47. The number of nitrogens with one attached hydrogen (secondary N) is 1. The van der Waals surface area contributed by atoms with Gasteiger partial charge in [0.1, 0.15) is 0 Å². The summed E-state index contributed by atoms with van der Waals surface area (Å²) in [7, 11) is 0. The van der Waals surface area contributed by atoms with E-state index in [9.17, 15) is 4.79 Å². The van der Waals surface area contributed by atoms with E-state index in [4.69, 9.17) is 0 Å². The SMILES string of the molecule is CC(C)(C)C1CCC(C(=O)NC(CCBr)C(C)(C)C)CC1. The van der Waals surface area contributed by atoms with Gasteiger partial charge in [0.25, 0.3) is 0 Å². The van der Waals surface area contributed by atoms with Crippen LogP contribution < -0.4 is 5.32 Å². The van der Waals surface area contributed by atoms with E-state index in [1.165, 1.54) is 12.8 Å². The number of hydrogen-bond donors (Lipinski definition) is 1. The average molecular weight is 360 g/mol. The maximum atomic E-state index is 12.6. The molecule has 1 aliphatic carbocycles. The molecule has 0 saturated heterocycles. The topological polar surface area (TPSA) is 29.1 Å². The summed E-state index contributed by atoms with van der Waals surface area (Å²) in [5, 5.41) is 4.25. The molecule has 2 nitrogen and oxygen atoms in total. The van der Waals surface area contributed by atoms with Gasteiger partial charge in [-0.3, -0.25) is 4.79 Å². The summed E-state index contributed by atoms with van der Waals surface area (Å²) in [6, 6.07) is 0.254. The number of halogens is 1. The molecule has 3 heteroatoms. The van der Waals surface area contributed by atoms with Gasteiger partial charge in [0.15, 0.2) is 0 Å². The lowest BCUT2D eigenvalue weighted by atomic mass is 9.69. The van der Waals surface area contributed by atoms with Gasteiger partial charge < -0.3 is 5.32 Å². The zero-order valence-corrected chi connectivity index (χ0v) is 16.3.